The summed E-state index contributed by atoms with van der Waals surface area (Å²) in [6.07, 6.45) is 3.02. The molecule has 1 saturated heterocycles. The average Bonchev–Trinajstić information content (AvgIpc) is 2.70. The van der Waals surface area contributed by atoms with Crippen molar-refractivity contribution in [2.75, 3.05) is 18.9 Å². The van der Waals surface area contributed by atoms with Gasteiger partial charge in [-0.05, 0) is 49.6 Å². The van der Waals surface area contributed by atoms with Crippen molar-refractivity contribution in [2.24, 2.45) is 0 Å². The number of carbonyl (C=O) groups excluding carboxylic acids is 2. The van der Waals surface area contributed by atoms with Crippen molar-refractivity contribution in [1.29, 1.82) is 0 Å². The molecule has 1 atom stereocenters. The Morgan fingerprint density at radius 1 is 1.07 bits per heavy atom. The average molecular weight is 365 g/mol. The Kier molecular flexibility index (Phi) is 6.24. The van der Waals surface area contributed by atoms with Crippen molar-refractivity contribution in [3.05, 3.63) is 65.2 Å². The molecule has 5 nitrogen and oxygen atoms in total. The molecule has 1 heterocycles. The highest BCUT2D eigenvalue weighted by molar-refractivity contribution is 6.00. The van der Waals surface area contributed by atoms with Crippen molar-refractivity contribution in [3.8, 4) is 0 Å². The topological polar surface area (TPSA) is 61.4 Å². The van der Waals surface area contributed by atoms with Crippen LogP contribution in [-0.4, -0.2) is 36.3 Å². The molecule has 2 aromatic carbocycles. The highest BCUT2D eigenvalue weighted by atomic mass is 16.2. The molecule has 3 rings (SSSR count). The molecular weight excluding hydrogens is 338 g/mol. The smallest absolute Gasteiger partial charge is 0.251 e. The third kappa shape index (κ3) is 4.55. The molecule has 2 aromatic rings. The number of nitrogens with zero attached hydrogens (tertiary/aromatic N) is 1. The fourth-order valence-corrected chi connectivity index (χ4v) is 3.66. The van der Waals surface area contributed by atoms with E-state index in [4.69, 9.17) is 0 Å². The van der Waals surface area contributed by atoms with Crippen molar-refractivity contribution in [3.63, 3.8) is 0 Å². The molecule has 1 unspecified atom stereocenters. The summed E-state index contributed by atoms with van der Waals surface area (Å²) in [7, 11) is 1.61. The van der Waals surface area contributed by atoms with Crippen LogP contribution in [0.1, 0.15) is 40.7 Å². The van der Waals surface area contributed by atoms with Gasteiger partial charge in [-0.3, -0.25) is 14.5 Å². The van der Waals surface area contributed by atoms with Gasteiger partial charge in [-0.25, -0.2) is 0 Å². The molecule has 0 spiro atoms. The van der Waals surface area contributed by atoms with Gasteiger partial charge >= 0.3 is 0 Å². The Morgan fingerprint density at radius 2 is 1.85 bits per heavy atom. The van der Waals surface area contributed by atoms with E-state index in [0.29, 0.717) is 11.3 Å². The number of carbonyl (C=O) groups is 2. The van der Waals surface area contributed by atoms with Crippen LogP contribution in [0.25, 0.3) is 0 Å². The van der Waals surface area contributed by atoms with E-state index < -0.39 is 0 Å². The Labute approximate surface area is 160 Å². The van der Waals surface area contributed by atoms with Gasteiger partial charge < -0.3 is 10.6 Å². The molecule has 27 heavy (non-hydrogen) atoms. The molecule has 1 aliphatic rings. The second-order valence-electron chi connectivity index (χ2n) is 7.01. The minimum Gasteiger partial charge on any atom is -0.355 e. The number of rotatable bonds is 5. The van der Waals surface area contributed by atoms with Crippen LogP contribution in [0.2, 0.25) is 0 Å². The lowest BCUT2D eigenvalue weighted by atomic mass is 9.99. The highest BCUT2D eigenvalue weighted by Gasteiger charge is 2.29. The number of anilines is 1. The summed E-state index contributed by atoms with van der Waals surface area (Å²) in [6.45, 7) is 3.56. The number of hydrogen-bond acceptors (Lipinski definition) is 3. The van der Waals surface area contributed by atoms with E-state index in [9.17, 15) is 9.59 Å². The van der Waals surface area contributed by atoms with Crippen LogP contribution in [0.15, 0.2) is 48.5 Å². The lowest BCUT2D eigenvalue weighted by Gasteiger charge is -2.34. The van der Waals surface area contributed by atoms with Crippen LogP contribution in [0.3, 0.4) is 0 Å². The van der Waals surface area contributed by atoms with Gasteiger partial charge in [-0.15, -0.1) is 0 Å². The van der Waals surface area contributed by atoms with Gasteiger partial charge in [0.15, 0.2) is 0 Å². The summed E-state index contributed by atoms with van der Waals surface area (Å²) >= 11 is 0. The van der Waals surface area contributed by atoms with Gasteiger partial charge in [-0.2, -0.15) is 0 Å². The first-order valence-corrected chi connectivity index (χ1v) is 9.50. The molecule has 0 saturated carbocycles. The molecule has 0 aliphatic carbocycles. The van der Waals surface area contributed by atoms with Crippen molar-refractivity contribution in [1.82, 2.24) is 10.2 Å². The van der Waals surface area contributed by atoms with Crippen LogP contribution in [0.4, 0.5) is 5.69 Å². The van der Waals surface area contributed by atoms with E-state index in [1.54, 1.807) is 19.2 Å². The summed E-state index contributed by atoms with van der Waals surface area (Å²) in [4.78, 5) is 27.3. The Balaban J connectivity index is 1.75. The summed E-state index contributed by atoms with van der Waals surface area (Å²) < 4.78 is 0. The van der Waals surface area contributed by atoms with Crippen molar-refractivity contribution >= 4 is 17.5 Å². The zero-order valence-electron chi connectivity index (χ0n) is 16.0. The SMILES string of the molecule is CNC(=O)c1cccc(NC(=O)C2CCCCN2Cc2ccccc2)c1C. The van der Waals surface area contributed by atoms with Crippen molar-refractivity contribution in [2.45, 2.75) is 38.8 Å². The number of nitrogens with one attached hydrogen (secondary N) is 2. The van der Waals surface area contributed by atoms with Gasteiger partial charge in [0.2, 0.25) is 5.91 Å². The Hall–Kier alpha value is -2.66. The lowest BCUT2D eigenvalue weighted by molar-refractivity contribution is -0.122. The molecule has 1 fully saturated rings. The molecule has 0 radical (unpaired) electrons. The predicted molar refractivity (Wildman–Crippen MR) is 108 cm³/mol. The molecule has 0 aromatic heterocycles. The van der Waals surface area contributed by atoms with Crippen molar-refractivity contribution < 1.29 is 9.59 Å². The second kappa shape index (κ2) is 8.82. The normalized spacial score (nSPS) is 17.3. The molecule has 142 valence electrons. The predicted octanol–water partition coefficient (Wildman–Crippen LogP) is 3.35. The number of hydrogen-bond donors (Lipinski definition) is 2. The molecule has 0 bridgehead atoms. The molecule has 2 N–H and O–H groups in total. The molecule has 1 aliphatic heterocycles. The zero-order chi connectivity index (χ0) is 19.2. The van der Waals surface area contributed by atoms with Gasteiger partial charge in [0.05, 0.1) is 6.04 Å². The third-order valence-electron chi connectivity index (χ3n) is 5.21. The number of benzene rings is 2. The molecule has 2 amide bonds. The second-order valence-corrected chi connectivity index (χ2v) is 7.01. The maximum atomic E-state index is 13.0. The Bertz CT molecular complexity index is 804. The highest BCUT2D eigenvalue weighted by Crippen LogP contribution is 2.23. The minimum atomic E-state index is -0.151. The van der Waals surface area contributed by atoms with E-state index in [0.717, 1.165) is 37.9 Å². The quantitative estimate of drug-likeness (QED) is 0.854. The number of likely N-dealkylation sites (tertiary alicyclic amines) is 1. The van der Waals surface area contributed by atoms with E-state index in [-0.39, 0.29) is 17.9 Å². The zero-order valence-corrected chi connectivity index (χ0v) is 16.0. The van der Waals surface area contributed by atoms with Gasteiger partial charge in [0, 0.05) is 24.8 Å². The Morgan fingerprint density at radius 3 is 2.59 bits per heavy atom. The van der Waals surface area contributed by atoms with Gasteiger partial charge in [0.1, 0.15) is 0 Å². The fourth-order valence-electron chi connectivity index (χ4n) is 3.66. The fraction of sp³-hybridized carbons (Fsp3) is 0.364. The van der Waals surface area contributed by atoms with Crippen LogP contribution in [0.5, 0.6) is 0 Å². The van der Waals surface area contributed by atoms with Crippen LogP contribution in [0, 0.1) is 6.92 Å². The number of amides is 2. The standard InChI is InChI=1S/C22H27N3O2/c1-16-18(21(26)23-2)11-8-12-19(16)24-22(27)20-13-6-7-14-25(20)15-17-9-4-3-5-10-17/h3-5,8-12,20H,6-7,13-15H2,1-2H3,(H,23,26)(H,24,27). The maximum Gasteiger partial charge on any atom is 0.251 e. The van der Waals surface area contributed by atoms with Crippen LogP contribution < -0.4 is 10.6 Å². The summed E-state index contributed by atoms with van der Waals surface area (Å²) in [5, 5.41) is 5.69. The van der Waals surface area contributed by atoms with Gasteiger partial charge in [0.25, 0.3) is 5.91 Å². The molecular formula is C22H27N3O2. The van der Waals surface area contributed by atoms with E-state index in [1.807, 2.05) is 31.2 Å². The van der Waals surface area contributed by atoms with E-state index in [1.165, 1.54) is 5.56 Å². The first-order chi connectivity index (χ1) is 13.1. The van der Waals surface area contributed by atoms with Crippen LogP contribution in [-0.2, 0) is 11.3 Å². The first kappa shape index (κ1) is 19.1. The van der Waals surface area contributed by atoms with E-state index >= 15 is 0 Å². The largest absolute Gasteiger partial charge is 0.355 e. The van der Waals surface area contributed by atoms with Gasteiger partial charge in [-0.1, -0.05) is 42.8 Å². The summed E-state index contributed by atoms with van der Waals surface area (Å²) in [5.41, 5.74) is 3.29. The monoisotopic (exact) mass is 365 g/mol. The summed E-state index contributed by atoms with van der Waals surface area (Å²) in [5.74, 6) is -0.144. The number of piperidine rings is 1. The molecule has 5 heteroatoms. The van der Waals surface area contributed by atoms with E-state index in [2.05, 4.69) is 27.7 Å². The third-order valence-corrected chi connectivity index (χ3v) is 5.21. The maximum absolute atomic E-state index is 13.0. The summed E-state index contributed by atoms with van der Waals surface area (Å²) in [6, 6.07) is 15.5. The minimum absolute atomic E-state index is 0.00258. The first-order valence-electron chi connectivity index (χ1n) is 9.50. The lowest BCUT2D eigenvalue weighted by Crippen LogP contribution is -2.46. The van der Waals surface area contributed by atoms with Crippen LogP contribution >= 0.6 is 0 Å².